The third-order valence-corrected chi connectivity index (χ3v) is 5.91. The first-order valence-electron chi connectivity index (χ1n) is 6.89. The van der Waals surface area contributed by atoms with E-state index >= 15 is 0 Å². The standard InChI is InChI=1S/C16H17NO5S2/c1-11-4-9-16(23-11)24(19,20)17-15(18)8-6-12-5-7-13(21-2)10-14(12)22-3/h4-10H,1-3H3,(H,17,18)/b8-6+. The number of carbonyl (C=O) groups is 1. The Morgan fingerprint density at radius 2 is 1.92 bits per heavy atom. The minimum Gasteiger partial charge on any atom is -0.497 e. The summed E-state index contributed by atoms with van der Waals surface area (Å²) in [7, 11) is -0.821. The molecule has 128 valence electrons. The van der Waals surface area contributed by atoms with E-state index in [1.54, 1.807) is 31.2 Å². The van der Waals surface area contributed by atoms with E-state index in [9.17, 15) is 13.2 Å². The van der Waals surface area contributed by atoms with Gasteiger partial charge >= 0.3 is 0 Å². The van der Waals surface area contributed by atoms with Crippen molar-refractivity contribution < 1.29 is 22.7 Å². The molecule has 0 saturated carbocycles. The van der Waals surface area contributed by atoms with Gasteiger partial charge < -0.3 is 9.47 Å². The number of rotatable bonds is 6. The number of aryl methyl sites for hydroxylation is 1. The van der Waals surface area contributed by atoms with Gasteiger partial charge in [-0.05, 0) is 37.3 Å². The van der Waals surface area contributed by atoms with Gasteiger partial charge in [-0.1, -0.05) is 0 Å². The second kappa shape index (κ2) is 7.50. The number of nitrogens with one attached hydrogen (secondary N) is 1. The smallest absolute Gasteiger partial charge is 0.273 e. The van der Waals surface area contributed by atoms with Crippen molar-refractivity contribution in [3.05, 3.63) is 46.8 Å². The maximum atomic E-state index is 12.1. The van der Waals surface area contributed by atoms with Crippen LogP contribution in [0, 0.1) is 6.92 Å². The summed E-state index contributed by atoms with van der Waals surface area (Å²) in [6.45, 7) is 1.79. The Morgan fingerprint density at radius 3 is 2.50 bits per heavy atom. The lowest BCUT2D eigenvalue weighted by Crippen LogP contribution is -2.28. The van der Waals surface area contributed by atoms with Gasteiger partial charge in [-0.15, -0.1) is 11.3 Å². The normalized spacial score (nSPS) is 11.5. The van der Waals surface area contributed by atoms with E-state index < -0.39 is 15.9 Å². The molecule has 6 nitrogen and oxygen atoms in total. The van der Waals surface area contributed by atoms with Crippen LogP contribution < -0.4 is 14.2 Å². The molecule has 0 aliphatic rings. The van der Waals surface area contributed by atoms with E-state index in [2.05, 4.69) is 0 Å². The summed E-state index contributed by atoms with van der Waals surface area (Å²) in [5.41, 5.74) is 0.623. The Kier molecular flexibility index (Phi) is 5.63. The van der Waals surface area contributed by atoms with Crippen LogP contribution in [0.4, 0.5) is 0 Å². The van der Waals surface area contributed by atoms with Crippen LogP contribution in [-0.2, 0) is 14.8 Å². The fourth-order valence-electron chi connectivity index (χ4n) is 1.89. The predicted molar refractivity (Wildman–Crippen MR) is 93.0 cm³/mol. The minimum atomic E-state index is -3.85. The Balaban J connectivity index is 2.13. The third kappa shape index (κ3) is 4.36. The van der Waals surface area contributed by atoms with Crippen LogP contribution in [-0.4, -0.2) is 28.5 Å². The van der Waals surface area contributed by atoms with Crippen LogP contribution in [0.15, 0.2) is 40.6 Å². The molecular formula is C16H17NO5S2. The highest BCUT2D eigenvalue weighted by Gasteiger charge is 2.18. The summed E-state index contributed by atoms with van der Waals surface area (Å²) in [6, 6.07) is 8.24. The molecule has 1 heterocycles. The molecule has 2 rings (SSSR count). The van der Waals surface area contributed by atoms with E-state index in [0.29, 0.717) is 17.1 Å². The molecule has 8 heteroatoms. The fraction of sp³-hybridized carbons (Fsp3) is 0.188. The molecule has 1 aromatic heterocycles. The van der Waals surface area contributed by atoms with Crippen LogP contribution in [0.25, 0.3) is 6.08 Å². The zero-order chi connectivity index (χ0) is 17.7. The quantitative estimate of drug-likeness (QED) is 0.794. The maximum Gasteiger partial charge on any atom is 0.273 e. The van der Waals surface area contributed by atoms with Crippen LogP contribution in [0.2, 0.25) is 0 Å². The van der Waals surface area contributed by atoms with Gasteiger partial charge in [0, 0.05) is 22.6 Å². The Hall–Kier alpha value is -2.32. The van der Waals surface area contributed by atoms with Crippen molar-refractivity contribution in [3.63, 3.8) is 0 Å². The average molecular weight is 367 g/mol. The third-order valence-electron chi connectivity index (χ3n) is 3.07. The largest absolute Gasteiger partial charge is 0.497 e. The molecule has 2 aromatic rings. The summed E-state index contributed by atoms with van der Waals surface area (Å²) in [5, 5.41) is 0. The Labute approximate surface area is 144 Å². The van der Waals surface area contributed by atoms with Gasteiger partial charge in [-0.3, -0.25) is 4.79 Å². The number of hydrogen-bond acceptors (Lipinski definition) is 6. The van der Waals surface area contributed by atoms with Gasteiger partial charge in [0.25, 0.3) is 15.9 Å². The van der Waals surface area contributed by atoms with Gasteiger partial charge in [0.05, 0.1) is 14.2 Å². The minimum absolute atomic E-state index is 0.101. The predicted octanol–water partition coefficient (Wildman–Crippen LogP) is 2.59. The summed E-state index contributed by atoms with van der Waals surface area (Å²) in [4.78, 5) is 12.7. The summed E-state index contributed by atoms with van der Waals surface area (Å²) >= 11 is 1.10. The SMILES string of the molecule is COc1ccc(/C=C/C(=O)NS(=O)(=O)c2ccc(C)s2)c(OC)c1. The molecule has 24 heavy (non-hydrogen) atoms. The van der Waals surface area contributed by atoms with E-state index in [-0.39, 0.29) is 4.21 Å². The number of ether oxygens (including phenoxy) is 2. The van der Waals surface area contributed by atoms with E-state index in [0.717, 1.165) is 22.3 Å². The number of amides is 1. The lowest BCUT2D eigenvalue weighted by molar-refractivity contribution is -0.114. The van der Waals surface area contributed by atoms with Crippen molar-refractivity contribution in [1.82, 2.24) is 4.72 Å². The first-order chi connectivity index (χ1) is 11.4. The summed E-state index contributed by atoms with van der Waals surface area (Å²) < 4.78 is 36.6. The number of hydrogen-bond donors (Lipinski definition) is 1. The molecule has 0 radical (unpaired) electrons. The highest BCUT2D eigenvalue weighted by Crippen LogP contribution is 2.25. The highest BCUT2D eigenvalue weighted by atomic mass is 32.2. The van der Waals surface area contributed by atoms with Crippen molar-refractivity contribution in [2.45, 2.75) is 11.1 Å². The van der Waals surface area contributed by atoms with Crippen molar-refractivity contribution >= 4 is 33.3 Å². The highest BCUT2D eigenvalue weighted by molar-refractivity contribution is 7.92. The van der Waals surface area contributed by atoms with Gasteiger partial charge in [-0.2, -0.15) is 0 Å². The average Bonchev–Trinajstić information content (AvgIpc) is 2.99. The Bertz CT molecular complexity index is 868. The molecule has 0 spiro atoms. The van der Waals surface area contributed by atoms with Crippen molar-refractivity contribution in [2.75, 3.05) is 14.2 Å². The van der Waals surface area contributed by atoms with Gasteiger partial charge in [-0.25, -0.2) is 13.1 Å². The van der Waals surface area contributed by atoms with E-state index in [4.69, 9.17) is 9.47 Å². The molecule has 1 amide bonds. The van der Waals surface area contributed by atoms with Crippen molar-refractivity contribution in [3.8, 4) is 11.5 Å². The van der Waals surface area contributed by atoms with Gasteiger partial charge in [0.1, 0.15) is 15.7 Å². The maximum absolute atomic E-state index is 12.1. The van der Waals surface area contributed by atoms with E-state index in [1.165, 1.54) is 26.4 Å². The lowest BCUT2D eigenvalue weighted by atomic mass is 10.1. The van der Waals surface area contributed by atoms with Crippen LogP contribution in [0.5, 0.6) is 11.5 Å². The first kappa shape index (κ1) is 18.0. The van der Waals surface area contributed by atoms with Crippen LogP contribution >= 0.6 is 11.3 Å². The molecule has 0 atom stereocenters. The topological polar surface area (TPSA) is 81.7 Å². The molecule has 0 unspecified atom stereocenters. The number of thiophene rings is 1. The van der Waals surface area contributed by atoms with Gasteiger partial charge in [0.2, 0.25) is 0 Å². The first-order valence-corrected chi connectivity index (χ1v) is 9.19. The molecule has 1 N–H and O–H groups in total. The molecule has 0 fully saturated rings. The molecular weight excluding hydrogens is 350 g/mol. The number of methoxy groups -OCH3 is 2. The molecule has 0 aliphatic carbocycles. The molecule has 1 aromatic carbocycles. The number of carbonyl (C=O) groups excluding carboxylic acids is 1. The van der Waals surface area contributed by atoms with Crippen LogP contribution in [0.3, 0.4) is 0 Å². The van der Waals surface area contributed by atoms with E-state index in [1.807, 2.05) is 4.72 Å². The van der Waals surface area contributed by atoms with Crippen molar-refractivity contribution in [2.24, 2.45) is 0 Å². The number of benzene rings is 1. The lowest BCUT2D eigenvalue weighted by Gasteiger charge is -2.07. The van der Waals surface area contributed by atoms with Gasteiger partial charge in [0.15, 0.2) is 0 Å². The second-order valence-corrected chi connectivity index (χ2v) is 7.97. The molecule has 0 bridgehead atoms. The second-order valence-electron chi connectivity index (χ2n) is 4.78. The summed E-state index contributed by atoms with van der Waals surface area (Å²) in [6.07, 6.45) is 2.62. The van der Waals surface area contributed by atoms with Crippen LogP contribution in [0.1, 0.15) is 10.4 Å². The number of sulfonamides is 1. The Morgan fingerprint density at radius 1 is 1.17 bits per heavy atom. The summed E-state index contributed by atoms with van der Waals surface area (Å²) in [5.74, 6) is 0.387. The molecule has 0 saturated heterocycles. The monoisotopic (exact) mass is 367 g/mol. The zero-order valence-electron chi connectivity index (χ0n) is 13.4. The van der Waals surface area contributed by atoms with Crippen molar-refractivity contribution in [1.29, 1.82) is 0 Å². The fourth-order valence-corrected chi connectivity index (χ4v) is 4.12. The zero-order valence-corrected chi connectivity index (χ0v) is 15.0. The molecule has 0 aliphatic heterocycles.